The van der Waals surface area contributed by atoms with E-state index in [1.807, 2.05) is 36.9 Å². The van der Waals surface area contributed by atoms with E-state index in [-0.39, 0.29) is 16.4 Å². The predicted molar refractivity (Wildman–Crippen MR) is 105 cm³/mol. The van der Waals surface area contributed by atoms with E-state index in [1.54, 1.807) is 6.07 Å². The molecule has 2 aromatic carbocycles. The quantitative estimate of drug-likeness (QED) is 0.833. The van der Waals surface area contributed by atoms with E-state index in [2.05, 4.69) is 5.32 Å². The molecule has 0 bridgehead atoms. The molecule has 2 aromatic rings. The Labute approximate surface area is 159 Å². The van der Waals surface area contributed by atoms with Crippen molar-refractivity contribution in [3.05, 3.63) is 53.1 Å². The van der Waals surface area contributed by atoms with Crippen molar-refractivity contribution in [1.29, 1.82) is 0 Å². The highest BCUT2D eigenvalue weighted by Crippen LogP contribution is 2.27. The van der Waals surface area contributed by atoms with E-state index >= 15 is 0 Å². The molecular formula is C19H23N3O4S. The van der Waals surface area contributed by atoms with Crippen molar-refractivity contribution in [2.24, 2.45) is 5.14 Å². The number of primary sulfonamides is 1. The van der Waals surface area contributed by atoms with E-state index in [0.717, 1.165) is 11.1 Å². The summed E-state index contributed by atoms with van der Waals surface area (Å²) in [5.41, 5.74) is 3.63. The van der Waals surface area contributed by atoms with Crippen LogP contribution in [0.25, 0.3) is 0 Å². The summed E-state index contributed by atoms with van der Waals surface area (Å²) in [6, 6.07) is 10.0. The predicted octanol–water partition coefficient (Wildman–Crippen LogP) is 2.04. The number of benzene rings is 2. The molecule has 0 atom stereocenters. The smallest absolute Gasteiger partial charge is 0.257 e. The minimum Gasteiger partial charge on any atom is -0.378 e. The van der Waals surface area contributed by atoms with Gasteiger partial charge in [0.15, 0.2) is 0 Å². The average molecular weight is 389 g/mol. The fourth-order valence-electron chi connectivity index (χ4n) is 3.03. The van der Waals surface area contributed by atoms with Gasteiger partial charge in [0, 0.05) is 24.5 Å². The monoisotopic (exact) mass is 389 g/mol. The van der Waals surface area contributed by atoms with E-state index in [9.17, 15) is 13.2 Å². The van der Waals surface area contributed by atoms with Crippen LogP contribution in [0.5, 0.6) is 0 Å². The molecule has 0 saturated carbocycles. The van der Waals surface area contributed by atoms with Crippen molar-refractivity contribution < 1.29 is 17.9 Å². The second-order valence-electron chi connectivity index (χ2n) is 6.52. The maximum absolute atomic E-state index is 13.0. The van der Waals surface area contributed by atoms with Crippen LogP contribution >= 0.6 is 0 Å². The standard InChI is InChI=1S/C19H23N3O4S/c1-13-4-3-5-17(14(13)2)21-19(23)16-12-15(27(20,24)25)6-7-18(16)22-8-10-26-11-9-22/h3-7,12H,8-11H2,1-2H3,(H,21,23)(H2,20,24,25). The van der Waals surface area contributed by atoms with Gasteiger partial charge in [0.05, 0.1) is 23.7 Å². The van der Waals surface area contributed by atoms with Crippen LogP contribution in [0.2, 0.25) is 0 Å². The Morgan fingerprint density at radius 1 is 1.15 bits per heavy atom. The van der Waals surface area contributed by atoms with E-state index in [4.69, 9.17) is 9.88 Å². The van der Waals surface area contributed by atoms with Crippen LogP contribution in [0.3, 0.4) is 0 Å². The van der Waals surface area contributed by atoms with E-state index < -0.39 is 10.0 Å². The zero-order valence-corrected chi connectivity index (χ0v) is 16.2. The van der Waals surface area contributed by atoms with Gasteiger partial charge >= 0.3 is 0 Å². The van der Waals surface area contributed by atoms with Crippen molar-refractivity contribution in [2.45, 2.75) is 18.7 Å². The summed E-state index contributed by atoms with van der Waals surface area (Å²) < 4.78 is 28.9. The lowest BCUT2D eigenvalue weighted by Crippen LogP contribution is -2.37. The molecule has 3 rings (SSSR count). The summed E-state index contributed by atoms with van der Waals surface area (Å²) in [5.74, 6) is -0.379. The van der Waals surface area contributed by atoms with Crippen molar-refractivity contribution in [2.75, 3.05) is 36.5 Å². The molecule has 8 heteroatoms. The molecule has 1 aliphatic rings. The van der Waals surface area contributed by atoms with Gasteiger partial charge in [0.1, 0.15) is 0 Å². The molecule has 0 radical (unpaired) electrons. The van der Waals surface area contributed by atoms with E-state index in [1.165, 1.54) is 12.1 Å². The van der Waals surface area contributed by atoms with Crippen LogP contribution in [0, 0.1) is 13.8 Å². The lowest BCUT2D eigenvalue weighted by Gasteiger charge is -2.30. The number of carbonyl (C=O) groups is 1. The fraction of sp³-hybridized carbons (Fsp3) is 0.316. The van der Waals surface area contributed by atoms with Crippen molar-refractivity contribution in [1.82, 2.24) is 0 Å². The van der Waals surface area contributed by atoms with Gasteiger partial charge in [0.25, 0.3) is 5.91 Å². The number of hydrogen-bond donors (Lipinski definition) is 2. The molecule has 0 spiro atoms. The Morgan fingerprint density at radius 2 is 1.85 bits per heavy atom. The molecule has 1 saturated heterocycles. The number of aryl methyl sites for hydroxylation is 1. The number of anilines is 2. The third-order valence-corrected chi connectivity index (χ3v) is 5.66. The summed E-state index contributed by atoms with van der Waals surface area (Å²) in [7, 11) is -3.92. The first kappa shape index (κ1) is 19.3. The number of nitrogens with zero attached hydrogens (tertiary/aromatic N) is 1. The first-order chi connectivity index (χ1) is 12.8. The summed E-state index contributed by atoms with van der Waals surface area (Å²) >= 11 is 0. The van der Waals surface area contributed by atoms with Crippen molar-refractivity contribution in [3.8, 4) is 0 Å². The van der Waals surface area contributed by atoms with Gasteiger partial charge in [-0.3, -0.25) is 4.79 Å². The Morgan fingerprint density at radius 3 is 2.52 bits per heavy atom. The second-order valence-corrected chi connectivity index (χ2v) is 8.09. The van der Waals surface area contributed by atoms with Crippen LogP contribution in [-0.4, -0.2) is 40.6 Å². The van der Waals surface area contributed by atoms with Crippen LogP contribution < -0.4 is 15.4 Å². The molecule has 0 aromatic heterocycles. The number of ether oxygens (including phenoxy) is 1. The van der Waals surface area contributed by atoms with Gasteiger partial charge < -0.3 is 15.0 Å². The number of amides is 1. The number of sulfonamides is 1. The van der Waals surface area contributed by atoms with Crippen molar-refractivity contribution >= 4 is 27.3 Å². The van der Waals surface area contributed by atoms with E-state index in [0.29, 0.717) is 37.7 Å². The number of nitrogens with two attached hydrogens (primary N) is 1. The van der Waals surface area contributed by atoms with Gasteiger partial charge in [-0.1, -0.05) is 12.1 Å². The zero-order valence-electron chi connectivity index (χ0n) is 15.4. The highest BCUT2D eigenvalue weighted by molar-refractivity contribution is 7.89. The number of nitrogens with one attached hydrogen (secondary N) is 1. The van der Waals surface area contributed by atoms with Crippen LogP contribution in [0.4, 0.5) is 11.4 Å². The largest absolute Gasteiger partial charge is 0.378 e. The Hall–Kier alpha value is -2.42. The van der Waals surface area contributed by atoms with Crippen molar-refractivity contribution in [3.63, 3.8) is 0 Å². The van der Waals surface area contributed by atoms with Gasteiger partial charge in [-0.25, -0.2) is 13.6 Å². The Bertz CT molecular complexity index is 967. The SMILES string of the molecule is Cc1cccc(NC(=O)c2cc(S(N)(=O)=O)ccc2N2CCOCC2)c1C. The maximum atomic E-state index is 13.0. The maximum Gasteiger partial charge on any atom is 0.257 e. The van der Waals surface area contributed by atoms with Gasteiger partial charge in [0.2, 0.25) is 10.0 Å². The number of hydrogen-bond acceptors (Lipinski definition) is 5. The molecule has 1 heterocycles. The van der Waals surface area contributed by atoms with Gasteiger partial charge in [-0.2, -0.15) is 0 Å². The number of morpholine rings is 1. The molecule has 144 valence electrons. The van der Waals surface area contributed by atoms with Gasteiger partial charge in [-0.05, 0) is 49.2 Å². The molecule has 1 amide bonds. The third kappa shape index (κ3) is 4.29. The summed E-state index contributed by atoms with van der Waals surface area (Å²) in [6.45, 7) is 6.24. The highest BCUT2D eigenvalue weighted by atomic mass is 32.2. The topological polar surface area (TPSA) is 102 Å². The summed E-state index contributed by atoms with van der Waals surface area (Å²) in [4.78, 5) is 14.9. The molecular weight excluding hydrogens is 366 g/mol. The Balaban J connectivity index is 2.02. The Kier molecular flexibility index (Phi) is 5.50. The molecule has 0 unspecified atom stereocenters. The minimum absolute atomic E-state index is 0.0920. The molecule has 1 fully saturated rings. The molecule has 3 N–H and O–H groups in total. The number of carbonyl (C=O) groups excluding carboxylic acids is 1. The molecule has 27 heavy (non-hydrogen) atoms. The average Bonchev–Trinajstić information content (AvgIpc) is 2.65. The third-order valence-electron chi connectivity index (χ3n) is 4.75. The fourth-order valence-corrected chi connectivity index (χ4v) is 3.57. The van der Waals surface area contributed by atoms with Crippen LogP contribution in [0.15, 0.2) is 41.3 Å². The molecule has 0 aliphatic carbocycles. The zero-order chi connectivity index (χ0) is 19.6. The van der Waals surface area contributed by atoms with Crippen LogP contribution in [0.1, 0.15) is 21.5 Å². The lowest BCUT2D eigenvalue weighted by molar-refractivity contribution is 0.102. The molecule has 7 nitrogen and oxygen atoms in total. The highest BCUT2D eigenvalue weighted by Gasteiger charge is 2.22. The first-order valence-corrected chi connectivity index (χ1v) is 10.2. The summed E-state index contributed by atoms with van der Waals surface area (Å²) in [6.07, 6.45) is 0. The number of rotatable bonds is 4. The summed E-state index contributed by atoms with van der Waals surface area (Å²) in [5, 5.41) is 8.15. The first-order valence-electron chi connectivity index (χ1n) is 8.64. The molecule has 1 aliphatic heterocycles. The minimum atomic E-state index is -3.92. The van der Waals surface area contributed by atoms with Crippen LogP contribution in [-0.2, 0) is 14.8 Å². The lowest BCUT2D eigenvalue weighted by atomic mass is 10.1. The normalized spacial score (nSPS) is 14.9. The second kappa shape index (κ2) is 7.67. The van der Waals surface area contributed by atoms with Gasteiger partial charge in [-0.15, -0.1) is 0 Å².